The second-order valence-electron chi connectivity index (χ2n) is 5.99. The molecule has 0 atom stereocenters. The Morgan fingerprint density at radius 1 is 1.04 bits per heavy atom. The fourth-order valence-electron chi connectivity index (χ4n) is 3.18. The number of imidazole rings is 1. The van der Waals surface area contributed by atoms with E-state index in [1.165, 1.54) is 0 Å². The van der Waals surface area contributed by atoms with Crippen molar-refractivity contribution < 1.29 is 8.42 Å². The highest BCUT2D eigenvalue weighted by molar-refractivity contribution is 7.89. The van der Waals surface area contributed by atoms with Crippen LogP contribution in [0, 0.1) is 0 Å². The zero-order valence-electron chi connectivity index (χ0n) is 13.4. The predicted molar refractivity (Wildman–Crippen MR) is 91.9 cm³/mol. The number of aryl methyl sites for hydroxylation is 1. The first-order valence-electron chi connectivity index (χ1n) is 7.94. The van der Waals surface area contributed by atoms with Gasteiger partial charge in [0.25, 0.3) is 0 Å². The van der Waals surface area contributed by atoms with Crippen LogP contribution in [0.4, 0.5) is 0 Å². The molecule has 1 aliphatic heterocycles. The molecule has 6 nitrogen and oxygen atoms in total. The molecule has 124 valence electrons. The molecule has 1 aliphatic rings. The molecule has 2 aromatic heterocycles. The molecule has 1 fully saturated rings. The number of aromatic nitrogens is 3. The predicted octanol–water partition coefficient (Wildman–Crippen LogP) is 2.42. The Labute approximate surface area is 140 Å². The summed E-state index contributed by atoms with van der Waals surface area (Å²) < 4.78 is 29.0. The Morgan fingerprint density at radius 2 is 1.75 bits per heavy atom. The van der Waals surface area contributed by atoms with Gasteiger partial charge < -0.3 is 4.57 Å². The van der Waals surface area contributed by atoms with Crippen LogP contribution in [-0.2, 0) is 17.1 Å². The molecule has 0 spiro atoms. The minimum absolute atomic E-state index is 0.316. The molecule has 0 N–H and O–H groups in total. The lowest BCUT2D eigenvalue weighted by atomic mass is 10.2. The maximum atomic E-state index is 12.7. The molecule has 0 radical (unpaired) electrons. The van der Waals surface area contributed by atoms with Gasteiger partial charge in [-0.2, -0.15) is 4.31 Å². The van der Waals surface area contributed by atoms with Crippen molar-refractivity contribution in [1.29, 1.82) is 0 Å². The maximum absolute atomic E-state index is 12.7. The van der Waals surface area contributed by atoms with Gasteiger partial charge in [-0.05, 0) is 43.2 Å². The third-order valence-electron chi connectivity index (χ3n) is 4.49. The Bertz CT molecular complexity index is 990. The van der Waals surface area contributed by atoms with Crippen molar-refractivity contribution in [2.45, 2.75) is 17.7 Å². The number of pyridine rings is 1. The van der Waals surface area contributed by atoms with Gasteiger partial charge in [0, 0.05) is 38.1 Å². The van der Waals surface area contributed by atoms with Crippen LogP contribution in [0.15, 0.2) is 47.6 Å². The number of fused-ring (bicyclic) bond motifs is 1. The number of nitrogens with zero attached hydrogens (tertiary/aromatic N) is 4. The van der Waals surface area contributed by atoms with Crippen molar-refractivity contribution in [3.05, 3.63) is 42.7 Å². The van der Waals surface area contributed by atoms with E-state index in [0.717, 1.165) is 29.7 Å². The van der Waals surface area contributed by atoms with E-state index >= 15 is 0 Å². The molecule has 0 aliphatic carbocycles. The Morgan fingerprint density at radius 3 is 2.46 bits per heavy atom. The summed E-state index contributed by atoms with van der Waals surface area (Å²) in [4.78, 5) is 8.97. The van der Waals surface area contributed by atoms with E-state index in [-0.39, 0.29) is 0 Å². The van der Waals surface area contributed by atoms with Gasteiger partial charge in [0.05, 0.1) is 15.9 Å². The average Bonchev–Trinajstić information content (AvgIpc) is 3.24. The third-order valence-corrected chi connectivity index (χ3v) is 6.39. The van der Waals surface area contributed by atoms with E-state index in [4.69, 9.17) is 0 Å². The summed E-state index contributed by atoms with van der Waals surface area (Å²) in [5.74, 6) is 0.795. The lowest BCUT2D eigenvalue weighted by Crippen LogP contribution is -2.27. The summed E-state index contributed by atoms with van der Waals surface area (Å²) in [5.41, 5.74) is 2.54. The molecule has 0 unspecified atom stereocenters. The monoisotopic (exact) mass is 342 g/mol. The van der Waals surface area contributed by atoms with Gasteiger partial charge in [-0.1, -0.05) is 0 Å². The summed E-state index contributed by atoms with van der Waals surface area (Å²) in [6.45, 7) is 1.20. The van der Waals surface area contributed by atoms with Crippen LogP contribution in [0.2, 0.25) is 0 Å². The summed E-state index contributed by atoms with van der Waals surface area (Å²) in [5, 5.41) is 0. The molecule has 0 bridgehead atoms. The van der Waals surface area contributed by atoms with Gasteiger partial charge in [-0.15, -0.1) is 0 Å². The second-order valence-corrected chi connectivity index (χ2v) is 7.93. The molecule has 3 aromatic rings. The number of rotatable bonds is 3. The Kier molecular flexibility index (Phi) is 3.62. The fourth-order valence-corrected chi connectivity index (χ4v) is 4.71. The third kappa shape index (κ3) is 2.40. The van der Waals surface area contributed by atoms with E-state index < -0.39 is 10.0 Å². The molecule has 4 rings (SSSR count). The maximum Gasteiger partial charge on any atom is 0.243 e. The van der Waals surface area contributed by atoms with Crippen molar-refractivity contribution in [3.63, 3.8) is 0 Å². The number of benzene rings is 1. The SMILES string of the molecule is Cn1c(-c2ccncc2)nc2cc(S(=O)(=O)N3CCCC3)ccc21. The Balaban J connectivity index is 1.82. The molecule has 1 aromatic carbocycles. The van der Waals surface area contributed by atoms with Crippen molar-refractivity contribution in [1.82, 2.24) is 18.8 Å². The first kappa shape index (κ1) is 15.3. The fraction of sp³-hybridized carbons (Fsp3) is 0.294. The lowest BCUT2D eigenvalue weighted by molar-refractivity contribution is 0.477. The van der Waals surface area contributed by atoms with E-state index in [0.29, 0.717) is 23.5 Å². The summed E-state index contributed by atoms with van der Waals surface area (Å²) in [6.07, 6.45) is 5.30. The zero-order chi connectivity index (χ0) is 16.7. The average molecular weight is 342 g/mol. The van der Waals surface area contributed by atoms with Crippen LogP contribution in [0.1, 0.15) is 12.8 Å². The topological polar surface area (TPSA) is 68.1 Å². The highest BCUT2D eigenvalue weighted by Gasteiger charge is 2.27. The van der Waals surface area contributed by atoms with Crippen molar-refractivity contribution >= 4 is 21.1 Å². The molecule has 7 heteroatoms. The first-order chi connectivity index (χ1) is 11.6. The Hall–Kier alpha value is -2.25. The quantitative estimate of drug-likeness (QED) is 0.733. The minimum Gasteiger partial charge on any atom is -0.327 e. The van der Waals surface area contributed by atoms with Crippen LogP contribution in [0.25, 0.3) is 22.4 Å². The summed E-state index contributed by atoms with van der Waals surface area (Å²) >= 11 is 0. The van der Waals surface area contributed by atoms with Gasteiger partial charge in [-0.3, -0.25) is 4.98 Å². The van der Waals surface area contributed by atoms with Gasteiger partial charge >= 0.3 is 0 Å². The van der Waals surface area contributed by atoms with E-state index in [1.807, 2.05) is 29.8 Å². The molecule has 1 saturated heterocycles. The minimum atomic E-state index is -3.42. The van der Waals surface area contributed by atoms with E-state index in [9.17, 15) is 8.42 Å². The molecule has 0 saturated carbocycles. The van der Waals surface area contributed by atoms with Gasteiger partial charge in [0.1, 0.15) is 5.82 Å². The molecular weight excluding hydrogens is 324 g/mol. The standard InChI is InChI=1S/C17H18N4O2S/c1-20-16-5-4-14(24(22,23)21-10-2-3-11-21)12-15(16)19-17(20)13-6-8-18-9-7-13/h4-9,12H,2-3,10-11H2,1H3. The summed E-state index contributed by atoms with van der Waals surface area (Å²) in [6, 6.07) is 8.96. The normalized spacial score (nSPS) is 16.0. The van der Waals surface area contributed by atoms with Crippen LogP contribution in [0.5, 0.6) is 0 Å². The second kappa shape index (κ2) is 5.68. The van der Waals surface area contributed by atoms with Gasteiger partial charge in [-0.25, -0.2) is 13.4 Å². The van der Waals surface area contributed by atoms with E-state index in [2.05, 4.69) is 9.97 Å². The van der Waals surface area contributed by atoms with Crippen LogP contribution < -0.4 is 0 Å². The van der Waals surface area contributed by atoms with Gasteiger partial charge in [0.15, 0.2) is 0 Å². The first-order valence-corrected chi connectivity index (χ1v) is 9.38. The summed E-state index contributed by atoms with van der Waals surface area (Å²) in [7, 11) is -1.49. The number of hydrogen-bond donors (Lipinski definition) is 0. The van der Waals surface area contributed by atoms with Crippen molar-refractivity contribution in [3.8, 4) is 11.4 Å². The smallest absolute Gasteiger partial charge is 0.243 e. The molecule has 24 heavy (non-hydrogen) atoms. The largest absolute Gasteiger partial charge is 0.327 e. The molecule has 3 heterocycles. The van der Waals surface area contributed by atoms with Crippen LogP contribution in [-0.4, -0.2) is 40.3 Å². The van der Waals surface area contributed by atoms with Crippen molar-refractivity contribution in [2.75, 3.05) is 13.1 Å². The van der Waals surface area contributed by atoms with Gasteiger partial charge in [0.2, 0.25) is 10.0 Å². The lowest BCUT2D eigenvalue weighted by Gasteiger charge is -2.15. The van der Waals surface area contributed by atoms with Crippen LogP contribution >= 0.6 is 0 Å². The number of hydrogen-bond acceptors (Lipinski definition) is 4. The van der Waals surface area contributed by atoms with Crippen LogP contribution in [0.3, 0.4) is 0 Å². The zero-order valence-corrected chi connectivity index (χ0v) is 14.2. The number of sulfonamides is 1. The molecule has 0 amide bonds. The highest BCUT2D eigenvalue weighted by Crippen LogP contribution is 2.27. The molecular formula is C17H18N4O2S. The highest BCUT2D eigenvalue weighted by atomic mass is 32.2. The van der Waals surface area contributed by atoms with Crippen molar-refractivity contribution in [2.24, 2.45) is 7.05 Å². The van der Waals surface area contributed by atoms with E-state index in [1.54, 1.807) is 28.8 Å².